The second kappa shape index (κ2) is 0.949. The summed E-state index contributed by atoms with van der Waals surface area (Å²) in [6.45, 7) is 0. The first-order chi connectivity index (χ1) is 3.45. The highest BCUT2D eigenvalue weighted by molar-refractivity contribution is 8.00. The summed E-state index contributed by atoms with van der Waals surface area (Å²) in [6, 6.07) is 0. The number of anilines is 1. The minimum atomic E-state index is 0.931. The van der Waals surface area contributed by atoms with Crippen molar-refractivity contribution in [1.29, 1.82) is 0 Å². The lowest BCUT2D eigenvalue weighted by Gasteiger charge is -1.90. The molecule has 0 amide bonds. The van der Waals surface area contributed by atoms with Gasteiger partial charge in [-0.3, -0.25) is 0 Å². The molecule has 0 saturated heterocycles. The summed E-state index contributed by atoms with van der Waals surface area (Å²) in [5.41, 5.74) is 0. The molecule has 1 aromatic rings. The quantitative estimate of drug-likeness (QED) is 0.490. The van der Waals surface area contributed by atoms with E-state index >= 15 is 0 Å². The van der Waals surface area contributed by atoms with Gasteiger partial charge in [0.15, 0.2) is 11.0 Å². The number of aromatic nitrogens is 2. The molecule has 2 rings (SSSR count). The zero-order chi connectivity index (χ0) is 4.69. The third kappa shape index (κ3) is 0.339. The van der Waals surface area contributed by atoms with E-state index < -0.39 is 0 Å². The number of aromatic amines is 1. The zero-order valence-electron chi connectivity index (χ0n) is 3.43. The zero-order valence-corrected chi connectivity index (χ0v) is 4.25. The Morgan fingerprint density at radius 2 is 2.71 bits per heavy atom. The van der Waals surface area contributed by atoms with E-state index in [0.29, 0.717) is 0 Å². The predicted octanol–water partition coefficient (Wildman–Crippen LogP) is 0.842. The Balaban J connectivity index is 2.71. The smallest absolute Gasteiger partial charge is 0.188 e. The lowest BCUT2D eigenvalue weighted by molar-refractivity contribution is 1.08. The van der Waals surface area contributed by atoms with Crippen molar-refractivity contribution in [3.05, 3.63) is 6.20 Å². The molecule has 4 heteroatoms. The minimum absolute atomic E-state index is 0.931. The SMILES string of the molecule is c1[nH]c2nc1NS2. The summed E-state index contributed by atoms with van der Waals surface area (Å²) < 4.78 is 2.97. The van der Waals surface area contributed by atoms with Gasteiger partial charge < -0.3 is 9.71 Å². The lowest BCUT2D eigenvalue weighted by atomic mass is 10.8. The van der Waals surface area contributed by atoms with Crippen LogP contribution in [0.15, 0.2) is 11.4 Å². The lowest BCUT2D eigenvalue weighted by Crippen LogP contribution is -1.79. The van der Waals surface area contributed by atoms with E-state index in [2.05, 4.69) is 14.7 Å². The van der Waals surface area contributed by atoms with E-state index in [-0.39, 0.29) is 0 Å². The van der Waals surface area contributed by atoms with Gasteiger partial charge in [-0.2, -0.15) is 0 Å². The van der Waals surface area contributed by atoms with Crippen LogP contribution in [0.25, 0.3) is 0 Å². The Hall–Kier alpha value is -0.640. The van der Waals surface area contributed by atoms with Gasteiger partial charge in [0.1, 0.15) is 0 Å². The first kappa shape index (κ1) is 3.37. The number of hydrogen-bond acceptors (Lipinski definition) is 3. The molecule has 0 radical (unpaired) electrons. The fourth-order valence-electron chi connectivity index (χ4n) is 0.509. The molecule has 1 aliphatic heterocycles. The molecule has 0 aliphatic carbocycles. The fraction of sp³-hybridized carbons (Fsp3) is 0. The number of nitrogens with zero attached hydrogens (tertiary/aromatic N) is 1. The molecule has 0 spiro atoms. The number of rotatable bonds is 0. The van der Waals surface area contributed by atoms with Gasteiger partial charge in [0.25, 0.3) is 0 Å². The van der Waals surface area contributed by atoms with Crippen LogP contribution in [-0.4, -0.2) is 9.97 Å². The van der Waals surface area contributed by atoms with Gasteiger partial charge in [-0.1, -0.05) is 0 Å². The Morgan fingerprint density at radius 3 is 2.86 bits per heavy atom. The second-order valence-electron chi connectivity index (χ2n) is 1.29. The standard InChI is InChI=1S/C3H3N3S/c1-2-5-3(4-1)7-6-2/h1,6H,(H,4,5). The third-order valence-corrected chi connectivity index (χ3v) is 1.52. The number of H-pyrrole nitrogens is 1. The molecule has 1 aliphatic rings. The van der Waals surface area contributed by atoms with Gasteiger partial charge in [0, 0.05) is 18.1 Å². The number of hydrogen-bond donors (Lipinski definition) is 2. The van der Waals surface area contributed by atoms with E-state index in [1.165, 1.54) is 11.9 Å². The van der Waals surface area contributed by atoms with Gasteiger partial charge in [-0.15, -0.1) is 0 Å². The maximum atomic E-state index is 4.02. The first-order valence-corrected chi connectivity index (χ1v) is 2.75. The molecule has 1 aromatic heterocycles. The molecule has 3 nitrogen and oxygen atoms in total. The molecule has 2 heterocycles. The molecule has 0 saturated carbocycles. The largest absolute Gasteiger partial charge is 0.336 e. The van der Waals surface area contributed by atoms with Crippen LogP contribution in [0.5, 0.6) is 0 Å². The first-order valence-electron chi connectivity index (χ1n) is 1.93. The molecule has 7 heavy (non-hydrogen) atoms. The monoisotopic (exact) mass is 113 g/mol. The maximum absolute atomic E-state index is 4.02. The van der Waals surface area contributed by atoms with Crippen molar-refractivity contribution in [1.82, 2.24) is 9.97 Å². The van der Waals surface area contributed by atoms with Crippen molar-refractivity contribution in [3.63, 3.8) is 0 Å². The highest BCUT2D eigenvalue weighted by Gasteiger charge is 2.07. The molecule has 2 N–H and O–H groups in total. The molecule has 0 atom stereocenters. The van der Waals surface area contributed by atoms with Crippen molar-refractivity contribution >= 4 is 17.8 Å². The molecule has 36 valence electrons. The summed E-state index contributed by atoms with van der Waals surface area (Å²) in [5.74, 6) is 0.931. The predicted molar refractivity (Wildman–Crippen MR) is 28.1 cm³/mol. The number of nitrogens with one attached hydrogen (secondary N) is 2. The van der Waals surface area contributed by atoms with E-state index in [4.69, 9.17) is 0 Å². The summed E-state index contributed by atoms with van der Waals surface area (Å²) in [4.78, 5) is 6.96. The van der Waals surface area contributed by atoms with E-state index in [0.717, 1.165) is 11.0 Å². The highest BCUT2D eigenvalue weighted by Crippen LogP contribution is 2.24. The molecule has 0 unspecified atom stereocenters. The summed E-state index contributed by atoms with van der Waals surface area (Å²) in [7, 11) is 0. The van der Waals surface area contributed by atoms with Crippen LogP contribution in [0.4, 0.5) is 5.82 Å². The summed E-state index contributed by atoms with van der Waals surface area (Å²) in [5, 5.41) is 0.954. The van der Waals surface area contributed by atoms with E-state index in [1.807, 2.05) is 6.20 Å². The molecule has 0 fully saturated rings. The van der Waals surface area contributed by atoms with Gasteiger partial charge in [-0.25, -0.2) is 4.98 Å². The molecule has 0 aromatic carbocycles. The topological polar surface area (TPSA) is 40.7 Å². The highest BCUT2D eigenvalue weighted by atomic mass is 32.2. The fourth-order valence-corrected chi connectivity index (χ4v) is 1.08. The average Bonchev–Trinajstić information content (AvgIpc) is 2.22. The van der Waals surface area contributed by atoms with Crippen LogP contribution in [0.2, 0.25) is 0 Å². The summed E-state index contributed by atoms with van der Waals surface area (Å²) in [6.07, 6.45) is 1.84. The van der Waals surface area contributed by atoms with Crippen molar-refractivity contribution < 1.29 is 0 Å². The number of fused-ring (bicyclic) bond motifs is 2. The van der Waals surface area contributed by atoms with Crippen molar-refractivity contribution in [3.8, 4) is 0 Å². The van der Waals surface area contributed by atoms with Crippen molar-refractivity contribution in [2.45, 2.75) is 5.16 Å². The van der Waals surface area contributed by atoms with E-state index in [9.17, 15) is 0 Å². The van der Waals surface area contributed by atoms with Crippen LogP contribution in [-0.2, 0) is 0 Å². The van der Waals surface area contributed by atoms with Crippen LogP contribution in [0.3, 0.4) is 0 Å². The van der Waals surface area contributed by atoms with Gasteiger partial charge >= 0.3 is 0 Å². The molecular formula is C3H3N3S. The number of imidazole rings is 1. The van der Waals surface area contributed by atoms with E-state index in [1.54, 1.807) is 0 Å². The van der Waals surface area contributed by atoms with Crippen molar-refractivity contribution in [2.24, 2.45) is 0 Å². The summed E-state index contributed by atoms with van der Waals surface area (Å²) >= 11 is 1.51. The Morgan fingerprint density at radius 1 is 1.71 bits per heavy atom. The van der Waals surface area contributed by atoms with Gasteiger partial charge in [0.2, 0.25) is 0 Å². The van der Waals surface area contributed by atoms with Gasteiger partial charge in [-0.05, 0) is 0 Å². The van der Waals surface area contributed by atoms with Crippen LogP contribution < -0.4 is 4.72 Å². The van der Waals surface area contributed by atoms with Crippen LogP contribution >= 0.6 is 11.9 Å². The maximum Gasteiger partial charge on any atom is 0.188 e. The second-order valence-corrected chi connectivity index (χ2v) is 2.09. The Labute approximate surface area is 44.7 Å². The Kier molecular flexibility index (Phi) is 0.457. The minimum Gasteiger partial charge on any atom is -0.336 e. The van der Waals surface area contributed by atoms with Crippen LogP contribution in [0.1, 0.15) is 0 Å². The Bertz CT molecular complexity index is 164. The average molecular weight is 113 g/mol. The van der Waals surface area contributed by atoms with Crippen LogP contribution in [0, 0.1) is 0 Å². The molecular weight excluding hydrogens is 110 g/mol. The van der Waals surface area contributed by atoms with Crippen molar-refractivity contribution in [2.75, 3.05) is 4.72 Å². The third-order valence-electron chi connectivity index (χ3n) is 0.807. The molecule has 2 bridgehead atoms. The normalized spacial score (nSPS) is 14.3. The van der Waals surface area contributed by atoms with Gasteiger partial charge in [0.05, 0.1) is 0 Å².